The number of fused-ring (bicyclic) bond motifs is 2. The molecule has 1 saturated heterocycles. The minimum atomic E-state index is -1.28. The highest BCUT2D eigenvalue weighted by Crippen LogP contribution is 2.55. The van der Waals surface area contributed by atoms with Gasteiger partial charge in [-0.2, -0.15) is 0 Å². The molecule has 2 aliphatic rings. The number of rotatable bonds is 5. The maximum absolute atomic E-state index is 14.1. The number of urea groups is 1. The zero-order valence-corrected chi connectivity index (χ0v) is 20.7. The number of halogens is 2. The van der Waals surface area contributed by atoms with Gasteiger partial charge in [0.1, 0.15) is 5.75 Å². The van der Waals surface area contributed by atoms with E-state index in [9.17, 15) is 18.4 Å². The van der Waals surface area contributed by atoms with Gasteiger partial charge in [0.2, 0.25) is 0 Å². The van der Waals surface area contributed by atoms with Gasteiger partial charge in [0.05, 0.1) is 19.3 Å². The average molecular weight is 510 g/mol. The number of carbonyl (C=O) groups is 2. The third kappa shape index (κ3) is 4.07. The predicted molar refractivity (Wildman–Crippen MR) is 135 cm³/mol. The lowest BCUT2D eigenvalue weighted by Gasteiger charge is -2.33. The van der Waals surface area contributed by atoms with Crippen LogP contribution in [0.25, 0.3) is 0 Å². The first-order valence-corrected chi connectivity index (χ1v) is 12.5. The minimum absolute atomic E-state index is 0.0381. The highest BCUT2D eigenvalue weighted by Gasteiger charge is 2.59. The summed E-state index contributed by atoms with van der Waals surface area (Å²) in [6.07, 6.45) is 0. The van der Waals surface area contributed by atoms with E-state index in [0.29, 0.717) is 41.4 Å². The van der Waals surface area contributed by atoms with E-state index >= 15 is 0 Å². The Morgan fingerprint density at radius 2 is 1.92 bits per heavy atom. The van der Waals surface area contributed by atoms with Crippen molar-refractivity contribution >= 4 is 29.4 Å². The van der Waals surface area contributed by atoms with Crippen LogP contribution in [0.5, 0.6) is 5.75 Å². The Bertz CT molecular complexity index is 1350. The Kier molecular flexibility index (Phi) is 6.34. The van der Waals surface area contributed by atoms with E-state index in [1.807, 2.05) is 31.2 Å². The minimum Gasteiger partial charge on any atom is -0.497 e. The summed E-state index contributed by atoms with van der Waals surface area (Å²) in [4.78, 5) is 29.3. The normalized spacial score (nSPS) is 18.6. The zero-order valence-electron chi connectivity index (χ0n) is 19.9. The predicted octanol–water partition coefficient (Wildman–Crippen LogP) is 4.94. The van der Waals surface area contributed by atoms with Crippen molar-refractivity contribution in [2.75, 3.05) is 24.3 Å². The first-order valence-electron chi connectivity index (χ1n) is 11.5. The summed E-state index contributed by atoms with van der Waals surface area (Å²) in [7, 11) is 1.54. The number of thioether (sulfide) groups is 1. The van der Waals surface area contributed by atoms with Gasteiger partial charge in [-0.15, -0.1) is 11.8 Å². The molecule has 0 radical (unpaired) electrons. The van der Waals surface area contributed by atoms with Crippen molar-refractivity contribution in [2.24, 2.45) is 0 Å². The second-order valence-corrected chi connectivity index (χ2v) is 10.1. The quantitative estimate of drug-likeness (QED) is 0.529. The number of methoxy groups -OCH3 is 1. The second-order valence-electron chi connectivity index (χ2n) is 8.81. The molecule has 3 amide bonds. The number of anilines is 1. The van der Waals surface area contributed by atoms with Gasteiger partial charge in [-0.05, 0) is 48.4 Å². The lowest BCUT2D eigenvalue weighted by molar-refractivity contribution is -0.123. The summed E-state index contributed by atoms with van der Waals surface area (Å²) in [5, 5.41) is 2.96. The number of aryl methyl sites for hydroxylation is 1. The first kappa shape index (κ1) is 24.1. The Morgan fingerprint density at radius 3 is 2.67 bits per heavy atom. The molecule has 1 N–H and O–H groups in total. The van der Waals surface area contributed by atoms with Gasteiger partial charge in [0.25, 0.3) is 5.91 Å². The van der Waals surface area contributed by atoms with Crippen molar-refractivity contribution in [3.63, 3.8) is 0 Å². The number of nitrogens with zero attached hydrogens (tertiary/aromatic N) is 2. The molecule has 6 nitrogen and oxygen atoms in total. The van der Waals surface area contributed by atoms with Gasteiger partial charge in [-0.25, -0.2) is 13.6 Å². The molecule has 0 unspecified atom stereocenters. The second kappa shape index (κ2) is 9.46. The lowest BCUT2D eigenvalue weighted by Crippen LogP contribution is -2.53. The summed E-state index contributed by atoms with van der Waals surface area (Å²) < 4.78 is 32.8. The van der Waals surface area contributed by atoms with Gasteiger partial charge in [-0.1, -0.05) is 35.9 Å². The smallest absolute Gasteiger partial charge is 0.319 e. The molecule has 5 rings (SSSR count). The van der Waals surface area contributed by atoms with E-state index in [1.165, 1.54) is 22.7 Å². The topological polar surface area (TPSA) is 61.9 Å². The maximum atomic E-state index is 14.1. The molecular weight excluding hydrogens is 484 g/mol. The molecule has 2 aliphatic heterocycles. The largest absolute Gasteiger partial charge is 0.497 e. The lowest BCUT2D eigenvalue weighted by atomic mass is 10.1. The van der Waals surface area contributed by atoms with Crippen molar-refractivity contribution in [3.05, 3.63) is 94.6 Å². The zero-order chi connectivity index (χ0) is 25.4. The number of benzene rings is 3. The highest BCUT2D eigenvalue weighted by atomic mass is 32.2. The number of hydrogen-bond donors (Lipinski definition) is 1. The summed E-state index contributed by atoms with van der Waals surface area (Å²) in [5.74, 6) is -1.10. The van der Waals surface area contributed by atoms with Gasteiger partial charge in [0.15, 0.2) is 16.5 Å². The molecule has 3 aromatic carbocycles. The van der Waals surface area contributed by atoms with Crippen LogP contribution >= 0.6 is 11.8 Å². The summed E-state index contributed by atoms with van der Waals surface area (Å²) in [5.41, 5.74) is 3.75. The molecule has 36 heavy (non-hydrogen) atoms. The van der Waals surface area contributed by atoms with Crippen LogP contribution < -0.4 is 15.0 Å². The van der Waals surface area contributed by atoms with Crippen LogP contribution in [0, 0.1) is 18.6 Å². The number of carbonyl (C=O) groups excluding carboxylic acids is 2. The Hall–Kier alpha value is -3.59. The molecule has 1 spiro atoms. The standard InChI is InChI=1S/C27H25F2N3O3S/c1-17-4-3-5-18(12-17)15-30-26(34)32-10-11-36-27(32)21-14-20(35-2)7-9-24(21)31(25(27)33)16-19-6-8-22(28)23(29)13-19/h3-9,12-14H,10-11,15-16H2,1-2H3,(H,30,34)/t27-/m1/s1. The molecule has 0 bridgehead atoms. The third-order valence-corrected chi connectivity index (χ3v) is 7.92. The van der Waals surface area contributed by atoms with Crippen LogP contribution in [0.4, 0.5) is 19.3 Å². The molecule has 9 heteroatoms. The fourth-order valence-corrected chi connectivity index (χ4v) is 6.25. The fraction of sp³-hybridized carbons (Fsp3) is 0.259. The van der Waals surface area contributed by atoms with Gasteiger partial charge in [0, 0.05) is 24.4 Å². The molecule has 0 aromatic heterocycles. The first-order chi connectivity index (χ1) is 17.3. The Labute approximate surface area is 212 Å². The van der Waals surface area contributed by atoms with E-state index in [-0.39, 0.29) is 18.5 Å². The van der Waals surface area contributed by atoms with Crippen molar-refractivity contribution < 1.29 is 23.1 Å². The molecule has 3 aromatic rings. The third-order valence-electron chi connectivity index (χ3n) is 6.50. The van der Waals surface area contributed by atoms with Crippen molar-refractivity contribution in [1.82, 2.24) is 10.2 Å². The molecular formula is C27H25F2N3O3S. The number of ether oxygens (including phenoxy) is 1. The average Bonchev–Trinajstić information content (AvgIpc) is 3.41. The van der Waals surface area contributed by atoms with E-state index in [1.54, 1.807) is 30.2 Å². The van der Waals surface area contributed by atoms with Crippen molar-refractivity contribution in [2.45, 2.75) is 24.9 Å². The molecule has 2 heterocycles. The number of hydrogen-bond acceptors (Lipinski definition) is 4. The summed E-state index contributed by atoms with van der Waals surface area (Å²) in [6, 6.07) is 16.4. The van der Waals surface area contributed by atoms with Crippen LogP contribution in [-0.4, -0.2) is 36.2 Å². The Balaban J connectivity index is 1.49. The molecule has 0 saturated carbocycles. The van der Waals surface area contributed by atoms with Gasteiger partial charge < -0.3 is 15.0 Å². The fourth-order valence-electron chi connectivity index (χ4n) is 4.79. The van der Waals surface area contributed by atoms with Crippen molar-refractivity contribution in [3.8, 4) is 5.75 Å². The molecule has 1 atom stereocenters. The summed E-state index contributed by atoms with van der Waals surface area (Å²) >= 11 is 1.39. The number of nitrogens with one attached hydrogen (secondary N) is 1. The van der Waals surface area contributed by atoms with Crippen LogP contribution in [0.1, 0.15) is 22.3 Å². The maximum Gasteiger partial charge on any atom is 0.319 e. The SMILES string of the molecule is COc1ccc2c(c1)[C@@]1(SCCN1C(=O)NCc1cccc(C)c1)C(=O)N2Cc1ccc(F)c(F)c1. The van der Waals surface area contributed by atoms with Crippen LogP contribution in [0.2, 0.25) is 0 Å². The molecule has 0 aliphatic carbocycles. The van der Waals surface area contributed by atoms with E-state index in [4.69, 9.17) is 4.74 Å². The van der Waals surface area contributed by atoms with E-state index in [2.05, 4.69) is 5.32 Å². The monoisotopic (exact) mass is 509 g/mol. The number of amides is 3. The highest BCUT2D eigenvalue weighted by molar-refractivity contribution is 8.01. The molecule has 186 valence electrons. The van der Waals surface area contributed by atoms with Gasteiger partial charge >= 0.3 is 6.03 Å². The van der Waals surface area contributed by atoms with Gasteiger partial charge in [-0.3, -0.25) is 9.69 Å². The van der Waals surface area contributed by atoms with Crippen LogP contribution in [-0.2, 0) is 22.8 Å². The molecule has 1 fully saturated rings. The summed E-state index contributed by atoms with van der Waals surface area (Å²) in [6.45, 7) is 2.73. The van der Waals surface area contributed by atoms with E-state index < -0.39 is 16.5 Å². The van der Waals surface area contributed by atoms with Crippen molar-refractivity contribution in [1.29, 1.82) is 0 Å². The van der Waals surface area contributed by atoms with Crippen LogP contribution in [0.15, 0.2) is 60.7 Å². The van der Waals surface area contributed by atoms with Crippen LogP contribution in [0.3, 0.4) is 0 Å². The Morgan fingerprint density at radius 1 is 1.08 bits per heavy atom. The van der Waals surface area contributed by atoms with E-state index in [0.717, 1.165) is 23.3 Å².